The third kappa shape index (κ3) is 5.37. The van der Waals surface area contributed by atoms with Gasteiger partial charge in [0, 0.05) is 37.7 Å². The van der Waals surface area contributed by atoms with Crippen LogP contribution in [0, 0.1) is 20.8 Å². The van der Waals surface area contributed by atoms with E-state index in [-0.39, 0.29) is 5.91 Å². The van der Waals surface area contributed by atoms with Crippen molar-refractivity contribution in [3.63, 3.8) is 0 Å². The maximum absolute atomic E-state index is 12.6. The first-order valence-corrected chi connectivity index (χ1v) is 9.73. The van der Waals surface area contributed by atoms with Gasteiger partial charge in [0.15, 0.2) is 0 Å². The van der Waals surface area contributed by atoms with Gasteiger partial charge < -0.3 is 5.32 Å². The summed E-state index contributed by atoms with van der Waals surface area (Å²) in [5, 5.41) is 3.14. The highest BCUT2D eigenvalue weighted by atomic mass is 16.2. The summed E-state index contributed by atoms with van der Waals surface area (Å²) in [6, 6.07) is 8.32. The highest BCUT2D eigenvalue weighted by Gasteiger charge is 2.18. The molecule has 0 atom stereocenters. The number of aryl methyl sites for hydroxylation is 2. The van der Waals surface area contributed by atoms with Gasteiger partial charge in [-0.1, -0.05) is 12.1 Å². The molecule has 0 spiro atoms. The second-order valence-corrected chi connectivity index (χ2v) is 7.51. The molecule has 0 saturated carbocycles. The zero-order valence-corrected chi connectivity index (χ0v) is 16.7. The molecule has 144 valence electrons. The lowest BCUT2D eigenvalue weighted by atomic mass is 10.0. The molecule has 2 heterocycles. The number of carbonyl (C=O) groups excluding carboxylic acids is 1. The lowest BCUT2D eigenvalue weighted by molar-refractivity contribution is -0.117. The quantitative estimate of drug-likeness (QED) is 0.883. The van der Waals surface area contributed by atoms with Crippen molar-refractivity contribution >= 4 is 11.6 Å². The van der Waals surface area contributed by atoms with E-state index in [1.165, 1.54) is 11.1 Å². The van der Waals surface area contributed by atoms with E-state index >= 15 is 0 Å². The van der Waals surface area contributed by atoms with Crippen molar-refractivity contribution in [1.29, 1.82) is 0 Å². The second-order valence-electron chi connectivity index (χ2n) is 7.51. The minimum atomic E-state index is 0.0781. The number of pyridine rings is 1. The molecule has 1 N–H and O–H groups in total. The van der Waals surface area contributed by atoms with Gasteiger partial charge in [0.1, 0.15) is 0 Å². The average Bonchev–Trinajstić information content (AvgIpc) is 2.88. The van der Waals surface area contributed by atoms with Gasteiger partial charge in [-0.25, -0.2) is 0 Å². The van der Waals surface area contributed by atoms with Crippen LogP contribution in [0.15, 0.2) is 36.7 Å². The number of amides is 1. The minimum Gasteiger partial charge on any atom is -0.324 e. The van der Waals surface area contributed by atoms with Crippen LogP contribution in [0.3, 0.4) is 0 Å². The van der Waals surface area contributed by atoms with Gasteiger partial charge in [-0.2, -0.15) is 0 Å². The molecule has 3 rings (SSSR count). The molecule has 1 aromatic heterocycles. The fourth-order valence-electron chi connectivity index (χ4n) is 3.61. The standard InChI is InChI=1S/C22H30N4O/c1-17-5-6-18(2)22(19(17)3)24-21(27)16-26-12-4-11-25(13-14-26)15-20-7-9-23-10-8-20/h5-10H,4,11-16H2,1-3H3,(H,24,27). The van der Waals surface area contributed by atoms with Crippen LogP contribution in [0.1, 0.15) is 28.7 Å². The van der Waals surface area contributed by atoms with Crippen molar-refractivity contribution in [2.45, 2.75) is 33.7 Å². The lowest BCUT2D eigenvalue weighted by Crippen LogP contribution is -2.36. The third-order valence-corrected chi connectivity index (χ3v) is 5.41. The molecule has 0 bridgehead atoms. The fourth-order valence-corrected chi connectivity index (χ4v) is 3.61. The molecule has 2 aromatic rings. The fraction of sp³-hybridized carbons (Fsp3) is 0.455. The molecule has 1 saturated heterocycles. The molecule has 27 heavy (non-hydrogen) atoms. The molecular formula is C22H30N4O. The van der Waals surface area contributed by atoms with Crippen LogP contribution in [0.25, 0.3) is 0 Å². The highest BCUT2D eigenvalue weighted by Crippen LogP contribution is 2.23. The molecule has 5 nitrogen and oxygen atoms in total. The van der Waals surface area contributed by atoms with E-state index < -0.39 is 0 Å². The summed E-state index contributed by atoms with van der Waals surface area (Å²) < 4.78 is 0. The molecule has 1 aliphatic heterocycles. The molecule has 0 aliphatic carbocycles. The summed E-state index contributed by atoms with van der Waals surface area (Å²) >= 11 is 0. The number of anilines is 1. The monoisotopic (exact) mass is 366 g/mol. The Morgan fingerprint density at radius 2 is 1.63 bits per heavy atom. The van der Waals surface area contributed by atoms with Crippen LogP contribution in [0.4, 0.5) is 5.69 Å². The van der Waals surface area contributed by atoms with Gasteiger partial charge in [0.05, 0.1) is 6.54 Å². The second kappa shape index (κ2) is 9.11. The molecule has 1 aliphatic rings. The number of rotatable bonds is 5. The van der Waals surface area contributed by atoms with E-state index in [0.29, 0.717) is 6.54 Å². The molecule has 0 unspecified atom stereocenters. The first-order valence-electron chi connectivity index (χ1n) is 9.73. The summed E-state index contributed by atoms with van der Waals surface area (Å²) in [4.78, 5) is 21.4. The van der Waals surface area contributed by atoms with E-state index in [2.05, 4.69) is 58.2 Å². The molecule has 1 amide bonds. The number of benzene rings is 1. The van der Waals surface area contributed by atoms with Crippen LogP contribution in [0.5, 0.6) is 0 Å². The predicted octanol–water partition coefficient (Wildman–Crippen LogP) is 3.15. The highest BCUT2D eigenvalue weighted by molar-refractivity contribution is 5.94. The van der Waals surface area contributed by atoms with E-state index in [0.717, 1.165) is 56.0 Å². The van der Waals surface area contributed by atoms with Crippen LogP contribution >= 0.6 is 0 Å². The number of hydrogen-bond acceptors (Lipinski definition) is 4. The SMILES string of the molecule is Cc1ccc(C)c(NC(=O)CN2CCCN(Cc3ccncc3)CC2)c1C. The zero-order chi connectivity index (χ0) is 19.2. The van der Waals surface area contributed by atoms with Crippen LogP contribution in [-0.4, -0.2) is 53.4 Å². The van der Waals surface area contributed by atoms with Crippen molar-refractivity contribution < 1.29 is 4.79 Å². The molecule has 5 heteroatoms. The Kier molecular flexibility index (Phi) is 6.58. The van der Waals surface area contributed by atoms with Crippen molar-refractivity contribution in [2.24, 2.45) is 0 Å². The van der Waals surface area contributed by atoms with E-state index in [1.807, 2.05) is 19.3 Å². The van der Waals surface area contributed by atoms with Crippen molar-refractivity contribution in [3.05, 3.63) is 58.9 Å². The van der Waals surface area contributed by atoms with Crippen molar-refractivity contribution in [1.82, 2.24) is 14.8 Å². The van der Waals surface area contributed by atoms with Crippen molar-refractivity contribution in [3.8, 4) is 0 Å². The molecular weight excluding hydrogens is 336 g/mol. The lowest BCUT2D eigenvalue weighted by Gasteiger charge is -2.22. The third-order valence-electron chi connectivity index (χ3n) is 5.41. The minimum absolute atomic E-state index is 0.0781. The normalized spacial score (nSPS) is 16.1. The smallest absolute Gasteiger partial charge is 0.238 e. The summed E-state index contributed by atoms with van der Waals surface area (Å²) in [6.45, 7) is 11.5. The summed E-state index contributed by atoms with van der Waals surface area (Å²) in [5.74, 6) is 0.0781. The predicted molar refractivity (Wildman–Crippen MR) is 110 cm³/mol. The number of aromatic nitrogens is 1. The Morgan fingerprint density at radius 3 is 2.41 bits per heavy atom. The number of nitrogens with zero attached hydrogens (tertiary/aromatic N) is 3. The Bertz CT molecular complexity index is 775. The Labute approximate surface area is 162 Å². The zero-order valence-electron chi connectivity index (χ0n) is 16.7. The maximum atomic E-state index is 12.6. The van der Waals surface area contributed by atoms with Gasteiger partial charge in [-0.3, -0.25) is 19.6 Å². The molecule has 1 fully saturated rings. The number of hydrogen-bond donors (Lipinski definition) is 1. The van der Waals surface area contributed by atoms with Crippen molar-refractivity contribution in [2.75, 3.05) is 38.0 Å². The van der Waals surface area contributed by atoms with Crippen LogP contribution < -0.4 is 5.32 Å². The van der Waals surface area contributed by atoms with E-state index in [1.54, 1.807) is 0 Å². The van der Waals surface area contributed by atoms with Crippen LogP contribution in [-0.2, 0) is 11.3 Å². The Morgan fingerprint density at radius 1 is 0.963 bits per heavy atom. The first kappa shape index (κ1) is 19.5. The number of carbonyl (C=O) groups is 1. The molecule has 0 radical (unpaired) electrons. The number of nitrogens with one attached hydrogen (secondary N) is 1. The maximum Gasteiger partial charge on any atom is 0.238 e. The van der Waals surface area contributed by atoms with E-state index in [4.69, 9.17) is 0 Å². The molecule has 1 aromatic carbocycles. The topological polar surface area (TPSA) is 48.5 Å². The average molecular weight is 367 g/mol. The first-order chi connectivity index (χ1) is 13.0. The Hall–Kier alpha value is -2.24. The largest absolute Gasteiger partial charge is 0.324 e. The van der Waals surface area contributed by atoms with Gasteiger partial charge >= 0.3 is 0 Å². The summed E-state index contributed by atoms with van der Waals surface area (Å²) in [6.07, 6.45) is 4.78. The summed E-state index contributed by atoms with van der Waals surface area (Å²) in [5.41, 5.74) is 5.74. The van der Waals surface area contributed by atoms with Crippen LogP contribution in [0.2, 0.25) is 0 Å². The van der Waals surface area contributed by atoms with Gasteiger partial charge in [-0.15, -0.1) is 0 Å². The summed E-state index contributed by atoms with van der Waals surface area (Å²) in [7, 11) is 0. The van der Waals surface area contributed by atoms with E-state index in [9.17, 15) is 4.79 Å². The van der Waals surface area contributed by atoms with Gasteiger partial charge in [0.25, 0.3) is 0 Å². The van der Waals surface area contributed by atoms with Gasteiger partial charge in [0.2, 0.25) is 5.91 Å². The Balaban J connectivity index is 1.53. The van der Waals surface area contributed by atoms with Gasteiger partial charge in [-0.05, 0) is 74.7 Å².